The Balaban J connectivity index is 2.17. The molecule has 0 saturated carbocycles. The van der Waals surface area contributed by atoms with Gasteiger partial charge in [0.1, 0.15) is 0 Å². The number of carbonyl (C=O) groups is 1. The van der Waals surface area contributed by atoms with Crippen molar-refractivity contribution in [3.8, 4) is 0 Å². The smallest absolute Gasteiger partial charge is 0.237 e. The summed E-state index contributed by atoms with van der Waals surface area (Å²) in [7, 11) is 0. The maximum Gasteiger partial charge on any atom is 0.237 e. The standard InChI is InChI=1S/C10H16N4O/c1-2-14-9-4-3-7(10(15)13-11)5-8(9)6-12-14/h6-7H,2-5,11H2,1H3,(H,13,15)/t7-/m0/s1. The second-order valence-corrected chi connectivity index (χ2v) is 3.88. The molecule has 0 spiro atoms. The number of amides is 1. The summed E-state index contributed by atoms with van der Waals surface area (Å²) >= 11 is 0. The Morgan fingerprint density at radius 2 is 2.60 bits per heavy atom. The number of aromatic nitrogens is 2. The van der Waals surface area contributed by atoms with Crippen molar-refractivity contribution in [1.29, 1.82) is 0 Å². The predicted molar refractivity (Wildman–Crippen MR) is 55.7 cm³/mol. The third-order valence-electron chi connectivity index (χ3n) is 3.04. The van der Waals surface area contributed by atoms with Crippen LogP contribution in [0.3, 0.4) is 0 Å². The minimum atomic E-state index is -0.0649. The number of hydrazine groups is 1. The first-order chi connectivity index (χ1) is 7.26. The molecule has 0 aromatic carbocycles. The number of hydrogen-bond acceptors (Lipinski definition) is 3. The van der Waals surface area contributed by atoms with Gasteiger partial charge < -0.3 is 0 Å². The summed E-state index contributed by atoms with van der Waals surface area (Å²) < 4.78 is 2.01. The molecular formula is C10H16N4O. The highest BCUT2D eigenvalue weighted by atomic mass is 16.2. The van der Waals surface area contributed by atoms with Crippen molar-refractivity contribution >= 4 is 5.91 Å². The van der Waals surface area contributed by atoms with Gasteiger partial charge in [-0.2, -0.15) is 5.10 Å². The average molecular weight is 208 g/mol. The first-order valence-corrected chi connectivity index (χ1v) is 5.30. The molecule has 0 bridgehead atoms. The van der Waals surface area contributed by atoms with Crippen LogP contribution in [0.5, 0.6) is 0 Å². The van der Waals surface area contributed by atoms with Crippen molar-refractivity contribution in [2.24, 2.45) is 11.8 Å². The van der Waals surface area contributed by atoms with Gasteiger partial charge in [-0.25, -0.2) is 5.84 Å². The van der Waals surface area contributed by atoms with Crippen LogP contribution in [0.1, 0.15) is 24.6 Å². The zero-order valence-corrected chi connectivity index (χ0v) is 8.86. The van der Waals surface area contributed by atoms with Crippen LogP contribution in [0.25, 0.3) is 0 Å². The quantitative estimate of drug-likeness (QED) is 0.408. The SMILES string of the molecule is CCn1ncc2c1CC[C@H](C(=O)NN)C2. The van der Waals surface area contributed by atoms with Crippen LogP contribution in [-0.2, 0) is 24.2 Å². The van der Waals surface area contributed by atoms with E-state index in [-0.39, 0.29) is 11.8 Å². The fourth-order valence-corrected chi connectivity index (χ4v) is 2.20. The van der Waals surface area contributed by atoms with Crippen LogP contribution >= 0.6 is 0 Å². The molecule has 3 N–H and O–H groups in total. The maximum absolute atomic E-state index is 11.4. The Morgan fingerprint density at radius 3 is 3.27 bits per heavy atom. The molecule has 1 heterocycles. The van der Waals surface area contributed by atoms with E-state index in [2.05, 4.69) is 17.4 Å². The lowest BCUT2D eigenvalue weighted by atomic mass is 9.87. The van der Waals surface area contributed by atoms with Crippen LogP contribution in [0.15, 0.2) is 6.20 Å². The van der Waals surface area contributed by atoms with Crippen molar-refractivity contribution in [3.63, 3.8) is 0 Å². The molecule has 82 valence electrons. The van der Waals surface area contributed by atoms with E-state index in [4.69, 9.17) is 5.84 Å². The van der Waals surface area contributed by atoms with Crippen molar-refractivity contribution < 1.29 is 4.79 Å². The van der Waals surface area contributed by atoms with Gasteiger partial charge in [0.25, 0.3) is 0 Å². The summed E-state index contributed by atoms with van der Waals surface area (Å²) in [5.41, 5.74) is 4.69. The second kappa shape index (κ2) is 4.02. The monoisotopic (exact) mass is 208 g/mol. The van der Waals surface area contributed by atoms with Gasteiger partial charge in [-0.05, 0) is 31.7 Å². The molecule has 5 nitrogen and oxygen atoms in total. The fourth-order valence-electron chi connectivity index (χ4n) is 2.20. The first kappa shape index (κ1) is 10.2. The van der Waals surface area contributed by atoms with E-state index in [9.17, 15) is 4.79 Å². The molecule has 0 unspecified atom stereocenters. The Hall–Kier alpha value is -1.36. The van der Waals surface area contributed by atoms with Crippen molar-refractivity contribution in [3.05, 3.63) is 17.5 Å². The van der Waals surface area contributed by atoms with E-state index in [0.29, 0.717) is 0 Å². The summed E-state index contributed by atoms with van der Waals surface area (Å²) in [4.78, 5) is 11.4. The van der Waals surface area contributed by atoms with Gasteiger partial charge in [0.2, 0.25) is 5.91 Å². The summed E-state index contributed by atoms with van der Waals surface area (Å²) in [5, 5.41) is 4.29. The van der Waals surface area contributed by atoms with Crippen LogP contribution in [0.4, 0.5) is 0 Å². The lowest BCUT2D eigenvalue weighted by Crippen LogP contribution is -2.38. The summed E-state index contributed by atoms with van der Waals surface area (Å²) in [6.45, 7) is 2.97. The third kappa shape index (κ3) is 1.74. The number of nitrogens with one attached hydrogen (secondary N) is 1. The number of hydrogen-bond donors (Lipinski definition) is 2. The van der Waals surface area contributed by atoms with Crippen molar-refractivity contribution in [2.75, 3.05) is 0 Å². The van der Waals surface area contributed by atoms with E-state index in [1.54, 1.807) is 0 Å². The topological polar surface area (TPSA) is 72.9 Å². The number of nitrogens with two attached hydrogens (primary N) is 1. The van der Waals surface area contributed by atoms with E-state index < -0.39 is 0 Å². The molecule has 0 fully saturated rings. The van der Waals surface area contributed by atoms with Gasteiger partial charge in [0.05, 0.1) is 6.20 Å². The van der Waals surface area contributed by atoms with Gasteiger partial charge in [-0.15, -0.1) is 0 Å². The largest absolute Gasteiger partial charge is 0.294 e. The minimum absolute atomic E-state index is 0.0111. The zero-order valence-electron chi connectivity index (χ0n) is 8.86. The number of aryl methyl sites for hydroxylation is 1. The van der Waals surface area contributed by atoms with E-state index >= 15 is 0 Å². The van der Waals surface area contributed by atoms with E-state index in [1.807, 2.05) is 10.9 Å². The van der Waals surface area contributed by atoms with Gasteiger partial charge in [0.15, 0.2) is 0 Å². The summed E-state index contributed by atoms with van der Waals surface area (Å²) in [6.07, 6.45) is 4.41. The molecule has 1 aliphatic rings. The fraction of sp³-hybridized carbons (Fsp3) is 0.600. The molecule has 0 saturated heterocycles. The maximum atomic E-state index is 11.4. The minimum Gasteiger partial charge on any atom is -0.294 e. The number of carbonyl (C=O) groups excluding carboxylic acids is 1. The second-order valence-electron chi connectivity index (χ2n) is 3.88. The predicted octanol–water partition coefficient (Wildman–Crippen LogP) is -0.00220. The van der Waals surface area contributed by atoms with Gasteiger partial charge in [0, 0.05) is 18.2 Å². The Bertz CT molecular complexity index is 371. The van der Waals surface area contributed by atoms with E-state index in [1.165, 1.54) is 11.3 Å². The highest BCUT2D eigenvalue weighted by Crippen LogP contribution is 2.25. The summed E-state index contributed by atoms with van der Waals surface area (Å²) in [5.74, 6) is 5.08. The highest BCUT2D eigenvalue weighted by Gasteiger charge is 2.26. The Morgan fingerprint density at radius 1 is 1.80 bits per heavy atom. The summed E-state index contributed by atoms with van der Waals surface area (Å²) in [6, 6.07) is 0. The van der Waals surface area contributed by atoms with Crippen LogP contribution in [-0.4, -0.2) is 15.7 Å². The molecule has 15 heavy (non-hydrogen) atoms. The van der Waals surface area contributed by atoms with Crippen LogP contribution in [0, 0.1) is 5.92 Å². The van der Waals surface area contributed by atoms with Gasteiger partial charge in [-0.3, -0.25) is 14.9 Å². The van der Waals surface area contributed by atoms with Crippen LogP contribution < -0.4 is 11.3 Å². The van der Waals surface area contributed by atoms with E-state index in [0.717, 1.165) is 25.8 Å². The van der Waals surface area contributed by atoms with Gasteiger partial charge in [-0.1, -0.05) is 0 Å². The molecule has 1 aromatic heterocycles. The number of rotatable bonds is 2. The van der Waals surface area contributed by atoms with Crippen molar-refractivity contribution in [2.45, 2.75) is 32.7 Å². The molecule has 1 amide bonds. The lowest BCUT2D eigenvalue weighted by Gasteiger charge is -2.21. The van der Waals surface area contributed by atoms with Crippen molar-refractivity contribution in [1.82, 2.24) is 15.2 Å². The first-order valence-electron chi connectivity index (χ1n) is 5.30. The molecule has 0 aliphatic heterocycles. The normalized spacial score (nSPS) is 19.7. The molecule has 1 atom stereocenters. The molecule has 2 rings (SSSR count). The molecule has 5 heteroatoms. The van der Waals surface area contributed by atoms with Crippen LogP contribution in [0.2, 0.25) is 0 Å². The van der Waals surface area contributed by atoms with Gasteiger partial charge >= 0.3 is 0 Å². The average Bonchev–Trinajstić information content (AvgIpc) is 2.69. The zero-order chi connectivity index (χ0) is 10.8. The Kier molecular flexibility index (Phi) is 2.73. The molecule has 0 radical (unpaired) electrons. The number of nitrogens with zero attached hydrogens (tertiary/aromatic N) is 2. The molecule has 1 aliphatic carbocycles. The Labute approximate surface area is 88.6 Å². The highest BCUT2D eigenvalue weighted by molar-refractivity contribution is 5.78. The molecule has 1 aromatic rings. The lowest BCUT2D eigenvalue weighted by molar-refractivity contribution is -0.125. The molecular weight excluding hydrogens is 192 g/mol. The third-order valence-corrected chi connectivity index (χ3v) is 3.04. The number of fused-ring (bicyclic) bond motifs is 1.